The molecule has 2 aliphatic heterocycles. The first-order chi connectivity index (χ1) is 8.79. The number of rotatable bonds is 2. The Kier molecular flexibility index (Phi) is 3.27. The Morgan fingerprint density at radius 2 is 2.28 bits per heavy atom. The Bertz CT molecular complexity index is 427. The van der Waals surface area contributed by atoms with Crippen molar-refractivity contribution in [1.82, 2.24) is 10.2 Å². The summed E-state index contributed by atoms with van der Waals surface area (Å²) in [4.78, 5) is 2.50. The highest BCUT2D eigenvalue weighted by molar-refractivity contribution is 5.40. The predicted octanol–water partition coefficient (Wildman–Crippen LogP) is 1.98. The number of ether oxygens (including phenoxy) is 1. The fourth-order valence-corrected chi connectivity index (χ4v) is 3.39. The SMILES string of the molecule is COc1ccc2c(c1)CCN(C)C2C1CCCN1. The topological polar surface area (TPSA) is 24.5 Å². The number of hydrogen-bond acceptors (Lipinski definition) is 3. The van der Waals surface area contributed by atoms with E-state index in [4.69, 9.17) is 4.74 Å². The van der Waals surface area contributed by atoms with Crippen LogP contribution in [0.25, 0.3) is 0 Å². The maximum atomic E-state index is 5.34. The molecule has 3 nitrogen and oxygen atoms in total. The number of methoxy groups -OCH3 is 1. The minimum absolute atomic E-state index is 0.530. The summed E-state index contributed by atoms with van der Waals surface area (Å²) in [6.07, 6.45) is 3.73. The number of hydrogen-bond donors (Lipinski definition) is 1. The summed E-state index contributed by atoms with van der Waals surface area (Å²) < 4.78 is 5.34. The van der Waals surface area contributed by atoms with E-state index in [1.165, 1.54) is 30.5 Å². The summed E-state index contributed by atoms with van der Waals surface area (Å²) in [6, 6.07) is 7.71. The molecule has 3 heteroatoms. The summed E-state index contributed by atoms with van der Waals surface area (Å²) in [5.74, 6) is 0.983. The third-order valence-electron chi connectivity index (χ3n) is 4.36. The van der Waals surface area contributed by atoms with E-state index in [2.05, 4.69) is 35.5 Å². The van der Waals surface area contributed by atoms with Gasteiger partial charge in [-0.05, 0) is 56.1 Å². The van der Waals surface area contributed by atoms with Crippen molar-refractivity contribution in [3.63, 3.8) is 0 Å². The van der Waals surface area contributed by atoms with E-state index in [0.717, 1.165) is 18.7 Å². The van der Waals surface area contributed by atoms with E-state index in [1.54, 1.807) is 7.11 Å². The molecule has 1 aromatic rings. The number of nitrogens with zero attached hydrogens (tertiary/aromatic N) is 1. The molecule has 0 spiro atoms. The van der Waals surface area contributed by atoms with Crippen molar-refractivity contribution in [2.24, 2.45) is 0 Å². The Hall–Kier alpha value is -1.06. The summed E-state index contributed by atoms with van der Waals surface area (Å²) in [5.41, 5.74) is 2.95. The van der Waals surface area contributed by atoms with Gasteiger partial charge in [0.1, 0.15) is 5.75 Å². The number of likely N-dealkylation sites (N-methyl/N-ethyl adjacent to an activating group) is 1. The van der Waals surface area contributed by atoms with E-state index in [9.17, 15) is 0 Å². The van der Waals surface area contributed by atoms with Gasteiger partial charge in [-0.1, -0.05) is 6.07 Å². The molecule has 1 aromatic carbocycles. The normalized spacial score (nSPS) is 28.1. The van der Waals surface area contributed by atoms with Gasteiger partial charge in [0.15, 0.2) is 0 Å². The first-order valence-corrected chi connectivity index (χ1v) is 6.90. The lowest BCUT2D eigenvalue weighted by Gasteiger charge is -2.38. The van der Waals surface area contributed by atoms with Gasteiger partial charge >= 0.3 is 0 Å². The van der Waals surface area contributed by atoms with Crippen molar-refractivity contribution in [2.45, 2.75) is 31.3 Å². The molecule has 18 heavy (non-hydrogen) atoms. The molecular weight excluding hydrogens is 224 g/mol. The zero-order chi connectivity index (χ0) is 12.5. The molecule has 0 radical (unpaired) electrons. The molecular formula is C15H22N2O. The van der Waals surface area contributed by atoms with Gasteiger partial charge in [-0.25, -0.2) is 0 Å². The van der Waals surface area contributed by atoms with Crippen LogP contribution in [0.15, 0.2) is 18.2 Å². The van der Waals surface area contributed by atoms with Crippen molar-refractivity contribution >= 4 is 0 Å². The minimum atomic E-state index is 0.530. The van der Waals surface area contributed by atoms with Crippen LogP contribution in [0.5, 0.6) is 5.75 Å². The smallest absolute Gasteiger partial charge is 0.119 e. The molecule has 0 saturated carbocycles. The maximum Gasteiger partial charge on any atom is 0.119 e. The molecule has 0 aliphatic carbocycles. The standard InChI is InChI=1S/C15H22N2O/c1-17-9-7-11-10-12(18-2)5-6-13(11)15(17)14-4-3-8-16-14/h5-6,10,14-16H,3-4,7-9H2,1-2H3. The molecule has 1 fully saturated rings. The van der Waals surface area contributed by atoms with E-state index in [-0.39, 0.29) is 0 Å². The monoisotopic (exact) mass is 246 g/mol. The zero-order valence-electron chi connectivity index (χ0n) is 11.3. The highest BCUT2D eigenvalue weighted by atomic mass is 16.5. The van der Waals surface area contributed by atoms with Crippen molar-refractivity contribution in [2.75, 3.05) is 27.2 Å². The average molecular weight is 246 g/mol. The molecule has 1 N–H and O–H groups in total. The van der Waals surface area contributed by atoms with Gasteiger partial charge in [0, 0.05) is 12.6 Å². The van der Waals surface area contributed by atoms with Gasteiger partial charge in [0.2, 0.25) is 0 Å². The lowest BCUT2D eigenvalue weighted by molar-refractivity contribution is 0.190. The van der Waals surface area contributed by atoms with E-state index in [0.29, 0.717) is 12.1 Å². The summed E-state index contributed by atoms with van der Waals surface area (Å²) in [5, 5.41) is 3.65. The van der Waals surface area contributed by atoms with Gasteiger partial charge in [0.25, 0.3) is 0 Å². The van der Waals surface area contributed by atoms with Crippen LogP contribution in [0.1, 0.15) is 30.0 Å². The highest BCUT2D eigenvalue weighted by Gasteiger charge is 2.33. The summed E-state index contributed by atoms with van der Waals surface area (Å²) in [6.45, 7) is 2.31. The molecule has 0 aromatic heterocycles. The average Bonchev–Trinajstić information content (AvgIpc) is 2.91. The Labute approximate surface area is 109 Å². The number of nitrogens with one attached hydrogen (secondary N) is 1. The number of benzene rings is 1. The predicted molar refractivity (Wildman–Crippen MR) is 73.1 cm³/mol. The van der Waals surface area contributed by atoms with Crippen LogP contribution in [-0.2, 0) is 6.42 Å². The quantitative estimate of drug-likeness (QED) is 0.863. The molecule has 3 rings (SSSR count). The third kappa shape index (κ3) is 2.02. The lowest BCUT2D eigenvalue weighted by Crippen LogP contribution is -2.43. The molecule has 0 amide bonds. The van der Waals surface area contributed by atoms with Gasteiger partial charge in [-0.3, -0.25) is 4.90 Å². The van der Waals surface area contributed by atoms with Crippen LogP contribution in [0.3, 0.4) is 0 Å². The molecule has 2 unspecified atom stereocenters. The summed E-state index contributed by atoms with van der Waals surface area (Å²) in [7, 11) is 3.99. The summed E-state index contributed by atoms with van der Waals surface area (Å²) >= 11 is 0. The Morgan fingerprint density at radius 1 is 1.39 bits per heavy atom. The van der Waals surface area contributed by atoms with E-state index in [1.807, 2.05) is 0 Å². The molecule has 2 atom stereocenters. The molecule has 2 heterocycles. The second-order valence-corrected chi connectivity index (χ2v) is 5.44. The zero-order valence-corrected chi connectivity index (χ0v) is 11.3. The minimum Gasteiger partial charge on any atom is -0.497 e. The van der Waals surface area contributed by atoms with Crippen LogP contribution in [0.2, 0.25) is 0 Å². The molecule has 2 aliphatic rings. The van der Waals surface area contributed by atoms with Gasteiger partial charge in [-0.2, -0.15) is 0 Å². The first-order valence-electron chi connectivity index (χ1n) is 6.90. The molecule has 98 valence electrons. The van der Waals surface area contributed by atoms with Crippen molar-refractivity contribution in [1.29, 1.82) is 0 Å². The van der Waals surface area contributed by atoms with Gasteiger partial charge in [-0.15, -0.1) is 0 Å². The Morgan fingerprint density at radius 3 is 3.00 bits per heavy atom. The Balaban J connectivity index is 1.95. The fraction of sp³-hybridized carbons (Fsp3) is 0.600. The van der Waals surface area contributed by atoms with Crippen LogP contribution >= 0.6 is 0 Å². The maximum absolute atomic E-state index is 5.34. The van der Waals surface area contributed by atoms with E-state index >= 15 is 0 Å². The second kappa shape index (κ2) is 4.90. The highest BCUT2D eigenvalue weighted by Crippen LogP contribution is 2.35. The fourth-order valence-electron chi connectivity index (χ4n) is 3.39. The second-order valence-electron chi connectivity index (χ2n) is 5.44. The van der Waals surface area contributed by atoms with E-state index < -0.39 is 0 Å². The van der Waals surface area contributed by atoms with Crippen molar-refractivity contribution in [3.05, 3.63) is 29.3 Å². The largest absolute Gasteiger partial charge is 0.497 e. The van der Waals surface area contributed by atoms with Crippen LogP contribution in [0.4, 0.5) is 0 Å². The van der Waals surface area contributed by atoms with Crippen molar-refractivity contribution in [3.8, 4) is 5.75 Å². The third-order valence-corrected chi connectivity index (χ3v) is 4.36. The van der Waals surface area contributed by atoms with Gasteiger partial charge in [0.05, 0.1) is 13.2 Å². The molecule has 1 saturated heterocycles. The van der Waals surface area contributed by atoms with Gasteiger partial charge < -0.3 is 10.1 Å². The van der Waals surface area contributed by atoms with Crippen LogP contribution in [0, 0.1) is 0 Å². The lowest BCUT2D eigenvalue weighted by atomic mass is 9.88. The van der Waals surface area contributed by atoms with Crippen LogP contribution in [-0.4, -0.2) is 38.2 Å². The van der Waals surface area contributed by atoms with Crippen LogP contribution < -0.4 is 10.1 Å². The van der Waals surface area contributed by atoms with Crippen molar-refractivity contribution < 1.29 is 4.74 Å². The first kappa shape index (κ1) is 12.0. The molecule has 0 bridgehead atoms. The number of fused-ring (bicyclic) bond motifs is 1.